The zero-order valence-corrected chi connectivity index (χ0v) is 15.5. The van der Waals surface area contributed by atoms with Crippen LogP contribution in [0.2, 0.25) is 0 Å². The maximum Gasteiger partial charge on any atom is 0.191 e. The van der Waals surface area contributed by atoms with Crippen LogP contribution >= 0.6 is 11.8 Å². The van der Waals surface area contributed by atoms with Gasteiger partial charge in [0.15, 0.2) is 11.0 Å². The Labute approximate surface area is 155 Å². The molecule has 8 nitrogen and oxygen atoms in total. The molecule has 1 N–H and O–H groups in total. The minimum Gasteiger partial charge on any atom is -0.510 e. The van der Waals surface area contributed by atoms with Gasteiger partial charge >= 0.3 is 0 Å². The van der Waals surface area contributed by atoms with Gasteiger partial charge in [0.2, 0.25) is 0 Å². The summed E-state index contributed by atoms with van der Waals surface area (Å²) in [6.07, 6.45) is 6.46. The minimum atomic E-state index is 0.00733. The molecule has 3 heterocycles. The fourth-order valence-electron chi connectivity index (χ4n) is 3.27. The largest absolute Gasteiger partial charge is 0.510 e. The number of allylic oxidation sites excluding steroid dienone is 1. The van der Waals surface area contributed by atoms with Crippen LogP contribution in [0.4, 0.5) is 0 Å². The molecule has 0 amide bonds. The van der Waals surface area contributed by atoms with E-state index in [-0.39, 0.29) is 17.1 Å². The van der Waals surface area contributed by atoms with E-state index < -0.39 is 0 Å². The van der Waals surface area contributed by atoms with Crippen LogP contribution in [-0.4, -0.2) is 40.4 Å². The SMILES string of the molecule is Cn1c(SC/C(O)=C(\C#N)c2nnc3n2CCCCC3)nnc1C1CC1. The first-order valence-corrected chi connectivity index (χ1v) is 9.94. The maximum atomic E-state index is 10.5. The molecule has 0 bridgehead atoms. The molecule has 2 aromatic rings. The third-order valence-electron chi connectivity index (χ3n) is 4.88. The number of aliphatic hydroxyl groups excluding tert-OH is 1. The number of hydrogen-bond donors (Lipinski definition) is 1. The lowest BCUT2D eigenvalue weighted by Crippen LogP contribution is -2.07. The Hall–Kier alpha value is -2.34. The van der Waals surface area contributed by atoms with Crippen molar-refractivity contribution in [1.82, 2.24) is 29.5 Å². The van der Waals surface area contributed by atoms with E-state index in [0.717, 1.165) is 49.0 Å². The predicted octanol–water partition coefficient (Wildman–Crippen LogP) is 2.60. The highest BCUT2D eigenvalue weighted by Gasteiger charge is 2.29. The third kappa shape index (κ3) is 3.21. The quantitative estimate of drug-likeness (QED) is 0.489. The van der Waals surface area contributed by atoms with Crippen LogP contribution in [-0.2, 0) is 20.0 Å². The van der Waals surface area contributed by atoms with Crippen LogP contribution in [0.25, 0.3) is 5.57 Å². The molecule has 0 atom stereocenters. The summed E-state index contributed by atoms with van der Waals surface area (Å²) >= 11 is 1.38. The number of fused-ring (bicyclic) bond motifs is 1. The number of rotatable bonds is 5. The van der Waals surface area contributed by atoms with Crippen molar-refractivity contribution in [3.63, 3.8) is 0 Å². The van der Waals surface area contributed by atoms with E-state index in [9.17, 15) is 10.4 Å². The van der Waals surface area contributed by atoms with E-state index in [0.29, 0.717) is 11.7 Å². The normalized spacial score (nSPS) is 18.0. The molecule has 1 aliphatic carbocycles. The monoisotopic (exact) mass is 371 g/mol. The molecule has 136 valence electrons. The summed E-state index contributed by atoms with van der Waals surface area (Å²) in [5.41, 5.74) is 0.197. The van der Waals surface area contributed by atoms with Crippen LogP contribution in [0.15, 0.2) is 10.9 Å². The number of aromatic nitrogens is 6. The Morgan fingerprint density at radius 2 is 2.08 bits per heavy atom. The molecule has 0 radical (unpaired) electrons. The van der Waals surface area contributed by atoms with Gasteiger partial charge in [-0.05, 0) is 25.7 Å². The van der Waals surface area contributed by atoms with Crippen molar-refractivity contribution in [3.8, 4) is 6.07 Å². The van der Waals surface area contributed by atoms with E-state index in [1.807, 2.05) is 16.2 Å². The number of hydrogen-bond acceptors (Lipinski definition) is 7. The van der Waals surface area contributed by atoms with Crippen LogP contribution in [0.3, 0.4) is 0 Å². The van der Waals surface area contributed by atoms with Crippen LogP contribution in [0.1, 0.15) is 55.5 Å². The first-order chi connectivity index (χ1) is 12.7. The molecular formula is C17H21N7OS. The second kappa shape index (κ2) is 7.11. The van der Waals surface area contributed by atoms with Gasteiger partial charge in [-0.1, -0.05) is 18.2 Å². The zero-order valence-electron chi connectivity index (χ0n) is 14.7. The molecule has 4 rings (SSSR count). The number of aliphatic hydroxyl groups is 1. The lowest BCUT2D eigenvalue weighted by atomic mass is 10.2. The fraction of sp³-hybridized carbons (Fsp3) is 0.588. The Morgan fingerprint density at radius 1 is 1.23 bits per heavy atom. The second-order valence-corrected chi connectivity index (χ2v) is 7.74. The molecule has 0 aromatic carbocycles. The fourth-order valence-corrected chi connectivity index (χ4v) is 4.06. The summed E-state index contributed by atoms with van der Waals surface area (Å²) in [6.45, 7) is 0.789. The third-order valence-corrected chi connectivity index (χ3v) is 5.91. The van der Waals surface area contributed by atoms with E-state index in [1.165, 1.54) is 24.6 Å². The molecule has 0 unspecified atom stereocenters. The maximum absolute atomic E-state index is 10.5. The van der Waals surface area contributed by atoms with Gasteiger partial charge < -0.3 is 14.2 Å². The van der Waals surface area contributed by atoms with Crippen molar-refractivity contribution < 1.29 is 5.11 Å². The van der Waals surface area contributed by atoms with Gasteiger partial charge in [-0.3, -0.25) is 0 Å². The van der Waals surface area contributed by atoms with Gasteiger partial charge in [-0.25, -0.2) is 0 Å². The van der Waals surface area contributed by atoms with Gasteiger partial charge in [-0.15, -0.1) is 20.4 Å². The average Bonchev–Trinajstić information content (AvgIpc) is 3.37. The number of thioether (sulfide) groups is 1. The molecule has 1 saturated carbocycles. The Morgan fingerprint density at radius 3 is 2.85 bits per heavy atom. The average molecular weight is 371 g/mol. The first-order valence-electron chi connectivity index (χ1n) is 8.95. The number of nitrogens with zero attached hydrogens (tertiary/aromatic N) is 7. The molecular weight excluding hydrogens is 350 g/mol. The van der Waals surface area contributed by atoms with Crippen molar-refractivity contribution >= 4 is 17.3 Å². The van der Waals surface area contributed by atoms with Gasteiger partial charge in [0.25, 0.3) is 0 Å². The Kier molecular flexibility index (Phi) is 4.68. The van der Waals surface area contributed by atoms with Gasteiger partial charge in [-0.2, -0.15) is 5.26 Å². The van der Waals surface area contributed by atoms with E-state index in [2.05, 4.69) is 26.5 Å². The summed E-state index contributed by atoms with van der Waals surface area (Å²) in [6, 6.07) is 2.11. The number of nitriles is 1. The predicted molar refractivity (Wildman–Crippen MR) is 96.4 cm³/mol. The molecule has 0 spiro atoms. The van der Waals surface area contributed by atoms with Crippen LogP contribution in [0, 0.1) is 11.3 Å². The van der Waals surface area contributed by atoms with Gasteiger partial charge in [0.05, 0.1) is 5.75 Å². The topological polar surface area (TPSA) is 105 Å². The van der Waals surface area contributed by atoms with Crippen LogP contribution in [0.5, 0.6) is 0 Å². The highest BCUT2D eigenvalue weighted by Crippen LogP contribution is 2.39. The van der Waals surface area contributed by atoms with Gasteiger partial charge in [0, 0.05) is 25.9 Å². The molecule has 0 saturated heterocycles. The minimum absolute atomic E-state index is 0.00733. The van der Waals surface area contributed by atoms with E-state index in [4.69, 9.17) is 0 Å². The van der Waals surface area contributed by atoms with Crippen molar-refractivity contribution in [1.29, 1.82) is 5.26 Å². The first kappa shape index (κ1) is 17.1. The second-order valence-electron chi connectivity index (χ2n) is 6.80. The molecule has 2 aliphatic rings. The summed E-state index contributed by atoms with van der Waals surface area (Å²) in [5.74, 6) is 3.15. The molecule has 26 heavy (non-hydrogen) atoms. The van der Waals surface area contributed by atoms with E-state index in [1.54, 1.807) is 0 Å². The van der Waals surface area contributed by atoms with Crippen LogP contribution < -0.4 is 0 Å². The van der Waals surface area contributed by atoms with Crippen molar-refractivity contribution in [2.45, 2.75) is 56.1 Å². The Balaban J connectivity index is 1.54. The summed E-state index contributed by atoms with van der Waals surface area (Å²) in [7, 11) is 1.94. The number of aryl methyl sites for hydroxylation is 1. The van der Waals surface area contributed by atoms with Crippen molar-refractivity contribution in [2.75, 3.05) is 5.75 Å². The molecule has 9 heteroatoms. The molecule has 1 fully saturated rings. The lowest BCUT2D eigenvalue weighted by Gasteiger charge is -2.08. The highest BCUT2D eigenvalue weighted by molar-refractivity contribution is 7.99. The summed E-state index contributed by atoms with van der Waals surface area (Å²) in [5, 5.41) is 37.7. The Bertz CT molecular complexity index is 888. The standard InChI is InChI=1S/C17H21N7OS/c1-23-15(11-6-7-11)20-22-17(23)26-10-13(25)12(9-18)16-21-19-14-5-3-2-4-8-24(14)16/h11,25H,2-8,10H2,1H3/b13-12-. The summed E-state index contributed by atoms with van der Waals surface area (Å²) < 4.78 is 3.95. The smallest absolute Gasteiger partial charge is 0.191 e. The summed E-state index contributed by atoms with van der Waals surface area (Å²) in [4.78, 5) is 0. The van der Waals surface area contributed by atoms with Crippen molar-refractivity contribution in [2.24, 2.45) is 7.05 Å². The highest BCUT2D eigenvalue weighted by atomic mass is 32.2. The lowest BCUT2D eigenvalue weighted by molar-refractivity contribution is 0.419. The molecule has 2 aromatic heterocycles. The van der Waals surface area contributed by atoms with Gasteiger partial charge in [0.1, 0.15) is 29.1 Å². The van der Waals surface area contributed by atoms with Crippen molar-refractivity contribution in [3.05, 3.63) is 23.2 Å². The van der Waals surface area contributed by atoms with E-state index >= 15 is 0 Å². The zero-order chi connectivity index (χ0) is 18.1. The molecule has 1 aliphatic heterocycles.